The minimum atomic E-state index is -3.11. The third kappa shape index (κ3) is 2.87. The lowest BCUT2D eigenvalue weighted by atomic mass is 9.90. The fourth-order valence-corrected chi connectivity index (χ4v) is 3.48. The van der Waals surface area contributed by atoms with E-state index in [1.54, 1.807) is 6.08 Å². The molecule has 0 aromatic heterocycles. The van der Waals surface area contributed by atoms with Gasteiger partial charge in [0.15, 0.2) is 9.84 Å². The SMILES string of the molecule is CC1(C(=O)NC2C=CS(=O)(=O)C2)CCCCN1. The Hall–Kier alpha value is -0.880. The Balaban J connectivity index is 1.96. The van der Waals surface area contributed by atoms with E-state index >= 15 is 0 Å². The maximum atomic E-state index is 12.1. The first-order valence-electron chi connectivity index (χ1n) is 5.88. The molecule has 0 bridgehead atoms. The second kappa shape index (κ2) is 4.42. The van der Waals surface area contributed by atoms with Crippen molar-refractivity contribution in [2.45, 2.75) is 37.8 Å². The summed E-state index contributed by atoms with van der Waals surface area (Å²) in [6, 6.07) is -0.381. The van der Waals surface area contributed by atoms with Gasteiger partial charge in [-0.2, -0.15) is 0 Å². The molecule has 1 amide bonds. The van der Waals surface area contributed by atoms with E-state index in [9.17, 15) is 13.2 Å². The first-order chi connectivity index (χ1) is 7.91. The van der Waals surface area contributed by atoms with Gasteiger partial charge in [-0.25, -0.2) is 8.42 Å². The number of carbonyl (C=O) groups excluding carboxylic acids is 1. The molecule has 17 heavy (non-hydrogen) atoms. The van der Waals surface area contributed by atoms with Gasteiger partial charge in [0.2, 0.25) is 5.91 Å². The number of piperidine rings is 1. The summed E-state index contributed by atoms with van der Waals surface area (Å²) in [5.74, 6) is -0.126. The van der Waals surface area contributed by atoms with E-state index in [4.69, 9.17) is 0 Å². The van der Waals surface area contributed by atoms with E-state index in [0.717, 1.165) is 25.8 Å². The first kappa shape index (κ1) is 12.6. The van der Waals surface area contributed by atoms with E-state index in [1.807, 2.05) is 6.92 Å². The molecule has 2 heterocycles. The lowest BCUT2D eigenvalue weighted by Gasteiger charge is -2.34. The Morgan fingerprint density at radius 1 is 1.47 bits per heavy atom. The molecule has 1 saturated heterocycles. The Morgan fingerprint density at radius 2 is 2.24 bits per heavy atom. The van der Waals surface area contributed by atoms with Crippen LogP contribution in [0.25, 0.3) is 0 Å². The summed E-state index contributed by atoms with van der Waals surface area (Å²) in [6.45, 7) is 2.71. The molecule has 0 saturated carbocycles. The summed E-state index contributed by atoms with van der Waals surface area (Å²) < 4.78 is 22.4. The quantitative estimate of drug-likeness (QED) is 0.728. The molecule has 0 aromatic carbocycles. The zero-order chi connectivity index (χ0) is 12.5. The average Bonchev–Trinajstić information content (AvgIpc) is 2.59. The van der Waals surface area contributed by atoms with Gasteiger partial charge in [0.25, 0.3) is 0 Å². The van der Waals surface area contributed by atoms with Gasteiger partial charge in [-0.15, -0.1) is 0 Å². The van der Waals surface area contributed by atoms with Crippen molar-refractivity contribution in [2.75, 3.05) is 12.3 Å². The molecule has 5 nitrogen and oxygen atoms in total. The summed E-state index contributed by atoms with van der Waals surface area (Å²) in [4.78, 5) is 12.1. The van der Waals surface area contributed by atoms with Crippen LogP contribution in [0, 0.1) is 0 Å². The molecular weight excluding hydrogens is 240 g/mol. The fraction of sp³-hybridized carbons (Fsp3) is 0.727. The number of hydrogen-bond donors (Lipinski definition) is 2. The average molecular weight is 258 g/mol. The topological polar surface area (TPSA) is 75.3 Å². The Labute approximate surface area is 102 Å². The summed E-state index contributed by atoms with van der Waals surface area (Å²) in [7, 11) is -3.11. The highest BCUT2D eigenvalue weighted by molar-refractivity contribution is 7.94. The van der Waals surface area contributed by atoms with E-state index in [2.05, 4.69) is 10.6 Å². The van der Waals surface area contributed by atoms with E-state index in [1.165, 1.54) is 5.41 Å². The molecule has 2 N–H and O–H groups in total. The molecule has 2 unspecified atom stereocenters. The Bertz CT molecular complexity index is 436. The van der Waals surface area contributed by atoms with E-state index in [-0.39, 0.29) is 17.7 Å². The summed E-state index contributed by atoms with van der Waals surface area (Å²) in [6.07, 6.45) is 4.44. The third-order valence-electron chi connectivity index (χ3n) is 3.37. The number of nitrogens with one attached hydrogen (secondary N) is 2. The molecule has 2 atom stereocenters. The van der Waals surface area contributed by atoms with E-state index < -0.39 is 15.4 Å². The Morgan fingerprint density at radius 3 is 2.76 bits per heavy atom. The molecule has 0 radical (unpaired) electrons. The lowest BCUT2D eigenvalue weighted by Crippen LogP contribution is -2.58. The lowest BCUT2D eigenvalue weighted by molar-refractivity contribution is -0.128. The maximum absolute atomic E-state index is 12.1. The molecule has 0 aromatic rings. The number of carbonyl (C=O) groups is 1. The Kier molecular flexibility index (Phi) is 3.27. The van der Waals surface area contributed by atoms with Crippen molar-refractivity contribution in [3.05, 3.63) is 11.5 Å². The molecular formula is C11H18N2O3S. The van der Waals surface area contributed by atoms with Gasteiger partial charge in [-0.05, 0) is 38.8 Å². The van der Waals surface area contributed by atoms with Gasteiger partial charge < -0.3 is 10.6 Å². The molecule has 2 rings (SSSR count). The van der Waals surface area contributed by atoms with Crippen LogP contribution in [-0.4, -0.2) is 38.2 Å². The minimum absolute atomic E-state index is 0.0190. The van der Waals surface area contributed by atoms with Crippen molar-refractivity contribution in [3.8, 4) is 0 Å². The molecule has 96 valence electrons. The van der Waals surface area contributed by atoms with Gasteiger partial charge >= 0.3 is 0 Å². The highest BCUT2D eigenvalue weighted by Gasteiger charge is 2.36. The minimum Gasteiger partial charge on any atom is -0.347 e. The van der Waals surface area contributed by atoms with Crippen LogP contribution in [0.2, 0.25) is 0 Å². The number of sulfone groups is 1. The second-order valence-electron chi connectivity index (χ2n) is 4.95. The largest absolute Gasteiger partial charge is 0.347 e. The van der Waals surface area contributed by atoms with E-state index in [0.29, 0.717) is 0 Å². The van der Waals surface area contributed by atoms with Crippen LogP contribution in [0.5, 0.6) is 0 Å². The molecule has 2 aliphatic heterocycles. The standard InChI is InChI=1S/C11H18N2O3S/c1-11(5-2-3-6-12-11)10(14)13-9-4-7-17(15,16)8-9/h4,7,9,12H,2-3,5-6,8H2,1H3,(H,13,14). The van der Waals surface area contributed by atoms with Crippen molar-refractivity contribution in [1.29, 1.82) is 0 Å². The molecule has 2 aliphatic rings. The van der Waals surface area contributed by atoms with Crippen LogP contribution in [-0.2, 0) is 14.6 Å². The molecule has 1 fully saturated rings. The van der Waals surface area contributed by atoms with Gasteiger partial charge in [0, 0.05) is 5.41 Å². The van der Waals surface area contributed by atoms with Gasteiger partial charge in [0.05, 0.1) is 17.3 Å². The van der Waals surface area contributed by atoms with Crippen LogP contribution in [0.15, 0.2) is 11.5 Å². The zero-order valence-corrected chi connectivity index (χ0v) is 10.7. The number of amides is 1. The van der Waals surface area contributed by atoms with Gasteiger partial charge in [-0.1, -0.05) is 0 Å². The summed E-state index contributed by atoms with van der Waals surface area (Å²) in [5, 5.41) is 7.16. The highest BCUT2D eigenvalue weighted by Crippen LogP contribution is 2.19. The van der Waals surface area contributed by atoms with Crippen molar-refractivity contribution < 1.29 is 13.2 Å². The summed E-state index contributed by atoms with van der Waals surface area (Å²) in [5.41, 5.74) is -0.557. The van der Waals surface area contributed by atoms with Crippen molar-refractivity contribution in [2.24, 2.45) is 0 Å². The van der Waals surface area contributed by atoms with Crippen LogP contribution >= 0.6 is 0 Å². The molecule has 0 aliphatic carbocycles. The van der Waals surface area contributed by atoms with Crippen LogP contribution in [0.4, 0.5) is 0 Å². The third-order valence-corrected chi connectivity index (χ3v) is 4.76. The first-order valence-corrected chi connectivity index (χ1v) is 7.60. The predicted octanol–water partition coefficient (Wildman–Crippen LogP) is -0.0545. The maximum Gasteiger partial charge on any atom is 0.240 e. The molecule has 0 spiro atoms. The monoisotopic (exact) mass is 258 g/mol. The summed E-state index contributed by atoms with van der Waals surface area (Å²) >= 11 is 0. The van der Waals surface area contributed by atoms with Crippen LogP contribution < -0.4 is 10.6 Å². The smallest absolute Gasteiger partial charge is 0.240 e. The second-order valence-corrected chi connectivity index (χ2v) is 6.89. The van der Waals surface area contributed by atoms with Gasteiger partial charge in [0.1, 0.15) is 0 Å². The van der Waals surface area contributed by atoms with Crippen LogP contribution in [0.1, 0.15) is 26.2 Å². The predicted molar refractivity (Wildman–Crippen MR) is 65.1 cm³/mol. The normalized spacial score (nSPS) is 35.7. The fourth-order valence-electron chi connectivity index (χ4n) is 2.24. The number of rotatable bonds is 2. The molecule has 6 heteroatoms. The zero-order valence-electron chi connectivity index (χ0n) is 9.90. The van der Waals surface area contributed by atoms with Crippen molar-refractivity contribution in [1.82, 2.24) is 10.6 Å². The van der Waals surface area contributed by atoms with Crippen LogP contribution in [0.3, 0.4) is 0 Å². The van der Waals surface area contributed by atoms with Gasteiger partial charge in [-0.3, -0.25) is 4.79 Å². The van der Waals surface area contributed by atoms with Crippen molar-refractivity contribution >= 4 is 15.7 Å². The highest BCUT2D eigenvalue weighted by atomic mass is 32.2. The van der Waals surface area contributed by atoms with Crippen molar-refractivity contribution in [3.63, 3.8) is 0 Å². The number of hydrogen-bond acceptors (Lipinski definition) is 4.